The van der Waals surface area contributed by atoms with Gasteiger partial charge in [0.2, 0.25) is 0 Å². The highest BCUT2D eigenvalue weighted by atomic mass is 35.5. The fraction of sp³-hybridized carbons (Fsp3) is 0.150. The number of rotatable bonds is 7. The van der Waals surface area contributed by atoms with Crippen molar-refractivity contribution in [3.63, 3.8) is 0 Å². The van der Waals surface area contributed by atoms with E-state index in [1.165, 1.54) is 23.5 Å². The van der Waals surface area contributed by atoms with Gasteiger partial charge in [-0.15, -0.1) is 11.3 Å². The second-order valence-corrected chi connectivity index (χ2v) is 7.36. The van der Waals surface area contributed by atoms with Gasteiger partial charge in [0.05, 0.1) is 18.2 Å². The minimum Gasteiger partial charge on any atom is -0.459 e. The number of carbonyl (C=O) groups excluding carboxylic acids is 2. The molecule has 150 valence electrons. The highest BCUT2D eigenvalue weighted by Gasteiger charge is 2.21. The van der Waals surface area contributed by atoms with Gasteiger partial charge in [0.25, 0.3) is 0 Å². The van der Waals surface area contributed by atoms with Gasteiger partial charge in [-0.1, -0.05) is 29.8 Å². The number of benzene rings is 2. The Kier molecular flexibility index (Phi) is 6.79. The van der Waals surface area contributed by atoms with Crippen LogP contribution in [0.3, 0.4) is 0 Å². The van der Waals surface area contributed by atoms with Gasteiger partial charge in [-0.05, 0) is 35.9 Å². The molecule has 2 amide bonds. The molecule has 0 bridgehead atoms. The molecule has 3 aromatic rings. The van der Waals surface area contributed by atoms with Gasteiger partial charge >= 0.3 is 12.0 Å². The van der Waals surface area contributed by atoms with Gasteiger partial charge in [0.15, 0.2) is 0 Å². The molecule has 3 rings (SSSR count). The van der Waals surface area contributed by atoms with Crippen LogP contribution < -0.4 is 11.1 Å². The number of halogens is 2. The molecule has 1 unspecified atom stereocenters. The first kappa shape index (κ1) is 20.8. The Balaban J connectivity index is 1.61. The van der Waals surface area contributed by atoms with Crippen LogP contribution in [0.1, 0.15) is 23.7 Å². The van der Waals surface area contributed by atoms with Gasteiger partial charge in [-0.2, -0.15) is 0 Å². The molecule has 1 aromatic heterocycles. The number of carbonyl (C=O) groups is 2. The highest BCUT2D eigenvalue weighted by Crippen LogP contribution is 2.26. The Morgan fingerprint density at radius 1 is 1.21 bits per heavy atom. The first-order valence-corrected chi connectivity index (χ1v) is 9.84. The fourth-order valence-corrected chi connectivity index (χ4v) is 3.72. The lowest BCUT2D eigenvalue weighted by Crippen LogP contribution is -2.34. The van der Waals surface area contributed by atoms with Crippen molar-refractivity contribution in [2.75, 3.05) is 0 Å². The van der Waals surface area contributed by atoms with Crippen molar-refractivity contribution in [3.8, 4) is 10.6 Å². The van der Waals surface area contributed by atoms with Gasteiger partial charge in [0, 0.05) is 16.0 Å². The molecule has 0 fully saturated rings. The van der Waals surface area contributed by atoms with Crippen molar-refractivity contribution in [2.45, 2.75) is 19.1 Å². The summed E-state index contributed by atoms with van der Waals surface area (Å²) in [6, 6.07) is 11.3. The van der Waals surface area contributed by atoms with Crippen LogP contribution in [0, 0.1) is 5.82 Å². The van der Waals surface area contributed by atoms with Crippen LogP contribution in [0.2, 0.25) is 5.02 Å². The Hall–Kier alpha value is -2.97. The number of ether oxygens (including phenoxy) is 1. The predicted molar refractivity (Wildman–Crippen MR) is 109 cm³/mol. The molecule has 0 aliphatic heterocycles. The van der Waals surface area contributed by atoms with Crippen molar-refractivity contribution in [1.82, 2.24) is 10.3 Å². The molecule has 0 spiro atoms. The number of thiazole rings is 1. The summed E-state index contributed by atoms with van der Waals surface area (Å²) in [6.07, 6.45) is -0.137. The van der Waals surface area contributed by atoms with Crippen molar-refractivity contribution in [1.29, 1.82) is 0 Å². The summed E-state index contributed by atoms with van der Waals surface area (Å²) in [4.78, 5) is 28.0. The molecule has 0 aliphatic carbocycles. The monoisotopic (exact) mass is 433 g/mol. The molecule has 1 heterocycles. The summed E-state index contributed by atoms with van der Waals surface area (Å²) in [7, 11) is 0. The number of amides is 2. The summed E-state index contributed by atoms with van der Waals surface area (Å²) < 4.78 is 18.3. The standard InChI is InChI=1S/C20H17ClFN3O3S/c21-16-4-2-1-3-15(16)17(25-20(23)27)9-18(26)28-10-14-11-29-19(24-14)12-5-7-13(22)8-6-12/h1-8,11,17H,9-10H2,(H3,23,25,27). The second kappa shape index (κ2) is 9.49. The lowest BCUT2D eigenvalue weighted by atomic mass is 10.0. The number of hydrogen-bond donors (Lipinski definition) is 2. The summed E-state index contributed by atoms with van der Waals surface area (Å²) in [6.45, 7) is -0.0255. The summed E-state index contributed by atoms with van der Waals surface area (Å²) in [5, 5.41) is 5.37. The van der Waals surface area contributed by atoms with Crippen molar-refractivity contribution >= 4 is 34.9 Å². The molecule has 2 aromatic carbocycles. The molecule has 0 aliphatic rings. The van der Waals surface area contributed by atoms with Gasteiger partial charge < -0.3 is 15.8 Å². The number of nitrogens with one attached hydrogen (secondary N) is 1. The van der Waals surface area contributed by atoms with Crippen LogP contribution in [0.5, 0.6) is 0 Å². The van der Waals surface area contributed by atoms with Crippen LogP contribution in [-0.4, -0.2) is 17.0 Å². The average molecular weight is 434 g/mol. The van der Waals surface area contributed by atoms with E-state index in [1.54, 1.807) is 41.8 Å². The van der Waals surface area contributed by atoms with Crippen LogP contribution in [0.4, 0.5) is 9.18 Å². The minimum absolute atomic E-state index is 0.0255. The first-order chi connectivity index (χ1) is 13.9. The molecule has 1 atom stereocenters. The quantitative estimate of drug-likeness (QED) is 0.538. The molecule has 29 heavy (non-hydrogen) atoms. The minimum atomic E-state index is -0.772. The van der Waals surface area contributed by atoms with E-state index in [2.05, 4.69) is 10.3 Å². The third-order valence-electron chi connectivity index (χ3n) is 3.99. The van der Waals surface area contributed by atoms with Gasteiger partial charge in [-0.3, -0.25) is 4.79 Å². The van der Waals surface area contributed by atoms with Crippen molar-refractivity contribution in [3.05, 3.63) is 76.0 Å². The summed E-state index contributed by atoms with van der Waals surface area (Å²) >= 11 is 7.52. The maximum Gasteiger partial charge on any atom is 0.312 e. The Bertz CT molecular complexity index is 1010. The van der Waals surface area contributed by atoms with E-state index >= 15 is 0 Å². The van der Waals surface area contributed by atoms with E-state index in [9.17, 15) is 14.0 Å². The number of urea groups is 1. The number of primary amides is 1. The zero-order chi connectivity index (χ0) is 20.8. The summed E-state index contributed by atoms with van der Waals surface area (Å²) in [5.74, 6) is -0.864. The largest absolute Gasteiger partial charge is 0.459 e. The maximum absolute atomic E-state index is 13.0. The predicted octanol–water partition coefficient (Wildman–Crippen LogP) is 4.45. The van der Waals surface area contributed by atoms with Crippen LogP contribution >= 0.6 is 22.9 Å². The molecule has 9 heteroatoms. The maximum atomic E-state index is 13.0. The van der Waals surface area contributed by atoms with Gasteiger partial charge in [0.1, 0.15) is 17.4 Å². The van der Waals surface area contributed by atoms with E-state index < -0.39 is 18.0 Å². The Labute approximate surface area is 175 Å². The molecule has 3 N–H and O–H groups in total. The number of aromatic nitrogens is 1. The molecule has 0 radical (unpaired) electrons. The number of nitrogens with zero attached hydrogens (tertiary/aromatic N) is 1. The van der Waals surface area contributed by atoms with E-state index in [4.69, 9.17) is 22.1 Å². The third kappa shape index (κ3) is 5.75. The van der Waals surface area contributed by atoms with Crippen molar-refractivity contribution in [2.24, 2.45) is 5.73 Å². The van der Waals surface area contributed by atoms with Crippen LogP contribution in [-0.2, 0) is 16.1 Å². The van der Waals surface area contributed by atoms with Crippen LogP contribution in [0.15, 0.2) is 53.9 Å². The molecular weight excluding hydrogens is 417 g/mol. The topological polar surface area (TPSA) is 94.3 Å². The number of esters is 1. The summed E-state index contributed by atoms with van der Waals surface area (Å²) in [5.41, 5.74) is 7.12. The van der Waals surface area contributed by atoms with Crippen LogP contribution in [0.25, 0.3) is 10.6 Å². The lowest BCUT2D eigenvalue weighted by Gasteiger charge is -2.18. The first-order valence-electron chi connectivity index (χ1n) is 8.58. The van der Waals surface area contributed by atoms with Crippen molar-refractivity contribution < 1.29 is 18.7 Å². The fourth-order valence-electron chi connectivity index (χ4n) is 2.65. The zero-order valence-electron chi connectivity index (χ0n) is 15.1. The Morgan fingerprint density at radius 3 is 2.62 bits per heavy atom. The van der Waals surface area contributed by atoms with E-state index in [-0.39, 0.29) is 18.8 Å². The zero-order valence-corrected chi connectivity index (χ0v) is 16.7. The number of nitrogens with two attached hydrogens (primary N) is 1. The second-order valence-electron chi connectivity index (χ2n) is 6.10. The lowest BCUT2D eigenvalue weighted by molar-refractivity contribution is -0.145. The van der Waals surface area contributed by atoms with Gasteiger partial charge in [-0.25, -0.2) is 14.2 Å². The van der Waals surface area contributed by atoms with E-state index in [0.29, 0.717) is 21.3 Å². The SMILES string of the molecule is NC(=O)NC(CC(=O)OCc1csc(-c2ccc(F)cc2)n1)c1ccccc1Cl. The smallest absolute Gasteiger partial charge is 0.312 e. The third-order valence-corrected chi connectivity index (χ3v) is 5.28. The van der Waals surface area contributed by atoms with E-state index in [0.717, 1.165) is 5.56 Å². The molecule has 6 nitrogen and oxygen atoms in total. The van der Waals surface area contributed by atoms with E-state index in [1.807, 2.05) is 0 Å². The normalized spacial score (nSPS) is 11.7. The Morgan fingerprint density at radius 2 is 1.93 bits per heavy atom. The number of hydrogen-bond acceptors (Lipinski definition) is 5. The molecular formula is C20H17ClFN3O3S. The molecule has 0 saturated carbocycles. The highest BCUT2D eigenvalue weighted by molar-refractivity contribution is 7.13. The average Bonchev–Trinajstić information content (AvgIpc) is 3.15. The molecule has 0 saturated heterocycles.